The molecule has 0 saturated heterocycles. The number of hydrogen-bond acceptors (Lipinski definition) is 5. The van der Waals surface area contributed by atoms with Crippen LogP contribution in [0.4, 0.5) is 10.8 Å². The lowest BCUT2D eigenvalue weighted by molar-refractivity contribution is 0.102. The number of benzene rings is 1. The number of nitrogens with zero attached hydrogens (tertiary/aromatic N) is 2. The van der Waals surface area contributed by atoms with Crippen LogP contribution in [0.25, 0.3) is 0 Å². The Morgan fingerprint density at radius 1 is 1.42 bits per heavy atom. The Balaban J connectivity index is 2.09. The second kappa shape index (κ2) is 5.79. The molecule has 0 spiro atoms. The fourth-order valence-electron chi connectivity index (χ4n) is 1.61. The summed E-state index contributed by atoms with van der Waals surface area (Å²) < 4.78 is 0. The average molecular weight is 276 g/mol. The van der Waals surface area contributed by atoms with Crippen LogP contribution in [0.1, 0.15) is 34.3 Å². The van der Waals surface area contributed by atoms with Gasteiger partial charge in [-0.1, -0.05) is 18.3 Å². The molecule has 0 fully saturated rings. The average Bonchev–Trinajstić information content (AvgIpc) is 2.80. The van der Waals surface area contributed by atoms with Gasteiger partial charge < -0.3 is 5.73 Å². The summed E-state index contributed by atoms with van der Waals surface area (Å²) in [6.07, 6.45) is 1.90. The van der Waals surface area contributed by atoms with Gasteiger partial charge in [0.15, 0.2) is 0 Å². The third kappa shape index (κ3) is 3.29. The first-order valence-electron chi connectivity index (χ1n) is 6.10. The van der Waals surface area contributed by atoms with Crippen LogP contribution in [0, 0.1) is 6.92 Å². The molecule has 1 heterocycles. The van der Waals surface area contributed by atoms with Crippen molar-refractivity contribution in [2.45, 2.75) is 26.7 Å². The summed E-state index contributed by atoms with van der Waals surface area (Å²) in [4.78, 5) is 12.0. The summed E-state index contributed by atoms with van der Waals surface area (Å²) in [6, 6.07) is 5.19. The minimum Gasteiger partial charge on any atom is -0.399 e. The smallest absolute Gasteiger partial charge is 0.257 e. The molecule has 19 heavy (non-hydrogen) atoms. The quantitative estimate of drug-likeness (QED) is 0.841. The van der Waals surface area contributed by atoms with E-state index in [1.165, 1.54) is 11.3 Å². The van der Waals surface area contributed by atoms with Crippen LogP contribution in [0.2, 0.25) is 0 Å². The van der Waals surface area contributed by atoms with E-state index in [2.05, 4.69) is 22.4 Å². The van der Waals surface area contributed by atoms with E-state index in [1.807, 2.05) is 6.92 Å². The van der Waals surface area contributed by atoms with Crippen LogP contribution in [0.3, 0.4) is 0 Å². The van der Waals surface area contributed by atoms with Gasteiger partial charge in [0.2, 0.25) is 5.13 Å². The molecule has 1 amide bonds. The summed E-state index contributed by atoms with van der Waals surface area (Å²) >= 11 is 1.41. The molecule has 0 atom stereocenters. The molecule has 1 aromatic carbocycles. The summed E-state index contributed by atoms with van der Waals surface area (Å²) in [5.41, 5.74) is 7.86. The van der Waals surface area contributed by atoms with E-state index in [-0.39, 0.29) is 5.91 Å². The molecule has 1 aromatic heterocycles. The molecule has 6 heteroatoms. The zero-order valence-corrected chi connectivity index (χ0v) is 11.8. The van der Waals surface area contributed by atoms with Gasteiger partial charge in [0.25, 0.3) is 5.91 Å². The SMILES string of the molecule is CCCc1nnc(NC(=O)c2ccc(N)c(C)c2)s1. The molecular weight excluding hydrogens is 260 g/mol. The van der Waals surface area contributed by atoms with Gasteiger partial charge in [-0.05, 0) is 37.1 Å². The van der Waals surface area contributed by atoms with Crippen LogP contribution in [0.15, 0.2) is 18.2 Å². The number of amides is 1. The number of hydrogen-bond donors (Lipinski definition) is 2. The predicted octanol–water partition coefficient (Wildman–Crippen LogP) is 2.63. The van der Waals surface area contributed by atoms with Gasteiger partial charge >= 0.3 is 0 Å². The number of nitrogens with one attached hydrogen (secondary N) is 1. The van der Waals surface area contributed by atoms with Crippen molar-refractivity contribution in [3.05, 3.63) is 34.3 Å². The van der Waals surface area contributed by atoms with E-state index in [0.29, 0.717) is 16.4 Å². The first-order chi connectivity index (χ1) is 9.10. The Morgan fingerprint density at radius 3 is 2.89 bits per heavy atom. The Bertz CT molecular complexity index is 594. The zero-order valence-electron chi connectivity index (χ0n) is 10.9. The molecule has 0 bridgehead atoms. The number of anilines is 2. The summed E-state index contributed by atoms with van der Waals surface area (Å²) in [6.45, 7) is 3.95. The van der Waals surface area contributed by atoms with Crippen molar-refractivity contribution in [1.82, 2.24) is 10.2 Å². The van der Waals surface area contributed by atoms with Gasteiger partial charge in [-0.25, -0.2) is 0 Å². The highest BCUT2D eigenvalue weighted by Crippen LogP contribution is 2.18. The molecule has 2 aromatic rings. The fourth-order valence-corrected chi connectivity index (χ4v) is 2.44. The zero-order chi connectivity index (χ0) is 13.8. The molecule has 0 saturated carbocycles. The van der Waals surface area contributed by atoms with Crippen molar-refractivity contribution in [3.8, 4) is 0 Å². The van der Waals surface area contributed by atoms with Crippen molar-refractivity contribution in [2.75, 3.05) is 11.1 Å². The number of nitrogens with two attached hydrogens (primary N) is 1. The lowest BCUT2D eigenvalue weighted by Crippen LogP contribution is -2.12. The highest BCUT2D eigenvalue weighted by molar-refractivity contribution is 7.15. The van der Waals surface area contributed by atoms with E-state index < -0.39 is 0 Å². The molecule has 3 N–H and O–H groups in total. The third-order valence-electron chi connectivity index (χ3n) is 2.68. The van der Waals surface area contributed by atoms with Crippen molar-refractivity contribution in [2.24, 2.45) is 0 Å². The Kier molecular flexibility index (Phi) is 4.11. The molecule has 5 nitrogen and oxygen atoms in total. The van der Waals surface area contributed by atoms with Gasteiger partial charge in [-0.2, -0.15) is 0 Å². The highest BCUT2D eigenvalue weighted by atomic mass is 32.1. The van der Waals surface area contributed by atoms with Gasteiger partial charge in [-0.15, -0.1) is 10.2 Å². The first-order valence-corrected chi connectivity index (χ1v) is 6.91. The normalized spacial score (nSPS) is 10.4. The maximum Gasteiger partial charge on any atom is 0.257 e. The van der Waals surface area contributed by atoms with E-state index in [4.69, 9.17) is 5.73 Å². The Morgan fingerprint density at radius 2 is 2.21 bits per heavy atom. The number of aryl methyl sites for hydroxylation is 2. The highest BCUT2D eigenvalue weighted by Gasteiger charge is 2.10. The van der Waals surface area contributed by atoms with Crippen LogP contribution in [-0.2, 0) is 6.42 Å². The van der Waals surface area contributed by atoms with Crippen LogP contribution >= 0.6 is 11.3 Å². The predicted molar refractivity (Wildman–Crippen MR) is 77.4 cm³/mol. The molecule has 0 radical (unpaired) electrons. The first kappa shape index (κ1) is 13.5. The lowest BCUT2D eigenvalue weighted by atomic mass is 10.1. The van der Waals surface area contributed by atoms with Gasteiger partial charge in [0, 0.05) is 17.7 Å². The maximum absolute atomic E-state index is 12.0. The van der Waals surface area contributed by atoms with Gasteiger partial charge in [0.05, 0.1) is 0 Å². The molecule has 100 valence electrons. The van der Waals surface area contributed by atoms with Crippen molar-refractivity contribution < 1.29 is 4.79 Å². The van der Waals surface area contributed by atoms with Crippen molar-refractivity contribution in [3.63, 3.8) is 0 Å². The van der Waals surface area contributed by atoms with E-state index in [0.717, 1.165) is 23.4 Å². The van der Waals surface area contributed by atoms with E-state index in [1.54, 1.807) is 18.2 Å². The number of aromatic nitrogens is 2. The summed E-state index contributed by atoms with van der Waals surface area (Å²) in [5, 5.41) is 12.2. The Labute approximate surface area is 115 Å². The van der Waals surface area contributed by atoms with Gasteiger partial charge in [-0.3, -0.25) is 10.1 Å². The largest absolute Gasteiger partial charge is 0.399 e. The summed E-state index contributed by atoms with van der Waals surface area (Å²) in [5.74, 6) is -0.192. The third-order valence-corrected chi connectivity index (χ3v) is 3.58. The molecule has 0 aliphatic carbocycles. The van der Waals surface area contributed by atoms with Crippen LogP contribution in [0.5, 0.6) is 0 Å². The standard InChI is InChI=1S/C13H16N4OS/c1-3-4-11-16-17-13(19-11)15-12(18)9-5-6-10(14)8(2)7-9/h5-7H,3-4,14H2,1-2H3,(H,15,17,18). The van der Waals surface area contributed by atoms with Crippen molar-refractivity contribution >= 4 is 28.1 Å². The number of carbonyl (C=O) groups excluding carboxylic acids is 1. The molecular formula is C13H16N4OS. The topological polar surface area (TPSA) is 80.9 Å². The molecule has 2 rings (SSSR count). The fraction of sp³-hybridized carbons (Fsp3) is 0.308. The van der Waals surface area contributed by atoms with Gasteiger partial charge in [0.1, 0.15) is 5.01 Å². The second-order valence-corrected chi connectivity index (χ2v) is 5.34. The molecule has 0 aliphatic rings. The monoisotopic (exact) mass is 276 g/mol. The van der Waals surface area contributed by atoms with Crippen LogP contribution < -0.4 is 11.1 Å². The van der Waals surface area contributed by atoms with E-state index >= 15 is 0 Å². The molecule has 0 unspecified atom stereocenters. The van der Waals surface area contributed by atoms with Crippen molar-refractivity contribution in [1.29, 1.82) is 0 Å². The molecule has 0 aliphatic heterocycles. The number of nitrogen functional groups attached to an aromatic ring is 1. The van der Waals surface area contributed by atoms with Crippen LogP contribution in [-0.4, -0.2) is 16.1 Å². The second-order valence-electron chi connectivity index (χ2n) is 4.28. The maximum atomic E-state index is 12.0. The Hall–Kier alpha value is -1.95. The number of rotatable bonds is 4. The lowest BCUT2D eigenvalue weighted by Gasteiger charge is -2.04. The minimum atomic E-state index is -0.192. The summed E-state index contributed by atoms with van der Waals surface area (Å²) in [7, 11) is 0. The minimum absolute atomic E-state index is 0.192. The van der Waals surface area contributed by atoms with E-state index in [9.17, 15) is 4.79 Å². The number of carbonyl (C=O) groups is 1.